The average Bonchev–Trinajstić information content (AvgIpc) is 2.80. The number of phenolic OH excluding ortho intramolecular Hbond substituents is 2. The number of benzene rings is 2. The molecule has 0 unspecified atom stereocenters. The van der Waals surface area contributed by atoms with E-state index < -0.39 is 48.7 Å². The molecule has 1 fully saturated rings. The Balaban J connectivity index is 1.88. The number of methoxy groups -OCH3 is 1. The van der Waals surface area contributed by atoms with Crippen LogP contribution < -0.4 is 15.1 Å². The Morgan fingerprint density at radius 3 is 2.39 bits per heavy atom. The maximum atomic E-state index is 12.2. The molecule has 0 spiro atoms. The lowest BCUT2D eigenvalue weighted by Crippen LogP contribution is -2.60. The second kappa shape index (κ2) is 8.89. The Morgan fingerprint density at radius 2 is 1.73 bits per heavy atom. The first kappa shape index (κ1) is 22.8. The molecule has 176 valence electrons. The number of ether oxygens (including phenoxy) is 3. The van der Waals surface area contributed by atoms with Crippen molar-refractivity contribution in [3.05, 3.63) is 46.8 Å². The van der Waals surface area contributed by atoms with E-state index in [-0.39, 0.29) is 33.8 Å². The van der Waals surface area contributed by atoms with Crippen molar-refractivity contribution < 1.29 is 49.3 Å². The van der Waals surface area contributed by atoms with Gasteiger partial charge in [0.2, 0.25) is 6.29 Å². The highest BCUT2D eigenvalue weighted by Gasteiger charge is 2.45. The van der Waals surface area contributed by atoms with Crippen LogP contribution in [0.4, 0.5) is 0 Å². The quantitative estimate of drug-likeness (QED) is 0.223. The van der Waals surface area contributed by atoms with E-state index in [2.05, 4.69) is 0 Å². The van der Waals surface area contributed by atoms with Gasteiger partial charge in [0.15, 0.2) is 11.5 Å². The summed E-state index contributed by atoms with van der Waals surface area (Å²) in [5.41, 5.74) is -0.0630. The standard InChI is InChI=1S/C22H22O11/c1-30-10-5-14-18(11(7-17(26)31-14)9-2-3-12(24)13(25)4-9)15(6-10)32-22-21(29)20(28)19(27)16(8-23)33-22/h2-7,16,19-25,27-29H,8H2,1H3/t16-,19+,20+,21-,22-/m1/s1. The number of rotatable bonds is 5. The highest BCUT2D eigenvalue weighted by molar-refractivity contribution is 5.98. The topological polar surface area (TPSA) is 179 Å². The number of phenols is 2. The SMILES string of the molecule is COc1cc(O[C@@H]2O[C@H](CO)[C@H](O)[C@H](O)[C@H]2O)c2c(-c3ccc(O)c(O)c3)cc(=O)oc2c1. The van der Waals surface area contributed by atoms with Crippen molar-refractivity contribution in [3.8, 4) is 34.1 Å². The van der Waals surface area contributed by atoms with Crippen LogP contribution in [0.3, 0.4) is 0 Å². The summed E-state index contributed by atoms with van der Waals surface area (Å²) in [5.74, 6) is -0.528. The summed E-state index contributed by atoms with van der Waals surface area (Å²) in [6.07, 6.45) is -7.62. The van der Waals surface area contributed by atoms with E-state index in [1.54, 1.807) is 0 Å². The second-order valence-electron chi connectivity index (χ2n) is 7.50. The fourth-order valence-electron chi connectivity index (χ4n) is 3.66. The largest absolute Gasteiger partial charge is 0.504 e. The van der Waals surface area contributed by atoms with Crippen molar-refractivity contribution >= 4 is 11.0 Å². The van der Waals surface area contributed by atoms with Crippen LogP contribution in [-0.2, 0) is 4.74 Å². The molecular formula is C22H22O11. The highest BCUT2D eigenvalue weighted by Crippen LogP contribution is 2.40. The molecule has 6 N–H and O–H groups in total. The number of aliphatic hydroxyl groups excluding tert-OH is 4. The smallest absolute Gasteiger partial charge is 0.336 e. The maximum absolute atomic E-state index is 12.2. The van der Waals surface area contributed by atoms with Gasteiger partial charge in [-0.2, -0.15) is 0 Å². The summed E-state index contributed by atoms with van der Waals surface area (Å²) >= 11 is 0. The molecule has 1 aliphatic heterocycles. The first-order valence-corrected chi connectivity index (χ1v) is 9.89. The van der Waals surface area contributed by atoms with Gasteiger partial charge in [-0.1, -0.05) is 6.07 Å². The molecule has 11 heteroatoms. The van der Waals surface area contributed by atoms with Gasteiger partial charge >= 0.3 is 5.63 Å². The van der Waals surface area contributed by atoms with E-state index in [1.165, 1.54) is 37.4 Å². The molecule has 2 aromatic carbocycles. The third-order valence-corrected chi connectivity index (χ3v) is 5.40. The van der Waals surface area contributed by atoms with Crippen LogP contribution in [0, 0.1) is 0 Å². The summed E-state index contributed by atoms with van der Waals surface area (Å²) in [4.78, 5) is 12.2. The van der Waals surface area contributed by atoms with E-state index in [0.29, 0.717) is 5.56 Å². The third kappa shape index (κ3) is 4.19. The molecule has 0 radical (unpaired) electrons. The fourth-order valence-corrected chi connectivity index (χ4v) is 3.66. The molecule has 3 aromatic rings. The molecule has 1 saturated heterocycles. The lowest BCUT2D eigenvalue weighted by atomic mass is 9.99. The van der Waals surface area contributed by atoms with Crippen LogP contribution in [0.15, 0.2) is 45.6 Å². The average molecular weight is 462 g/mol. The van der Waals surface area contributed by atoms with E-state index in [0.717, 1.165) is 6.07 Å². The lowest BCUT2D eigenvalue weighted by molar-refractivity contribution is -0.277. The Labute approximate surface area is 186 Å². The van der Waals surface area contributed by atoms with Crippen LogP contribution in [-0.4, -0.2) is 75.1 Å². The van der Waals surface area contributed by atoms with Crippen LogP contribution in [0.5, 0.6) is 23.0 Å². The van der Waals surface area contributed by atoms with Gasteiger partial charge in [-0.3, -0.25) is 0 Å². The van der Waals surface area contributed by atoms with E-state index in [9.17, 15) is 35.4 Å². The van der Waals surface area contributed by atoms with Gasteiger partial charge in [-0.05, 0) is 17.7 Å². The molecule has 1 aliphatic rings. The third-order valence-electron chi connectivity index (χ3n) is 5.40. The zero-order valence-corrected chi connectivity index (χ0v) is 17.3. The Bertz CT molecular complexity index is 1220. The molecule has 33 heavy (non-hydrogen) atoms. The van der Waals surface area contributed by atoms with Crippen molar-refractivity contribution in [2.75, 3.05) is 13.7 Å². The molecule has 11 nitrogen and oxygen atoms in total. The fraction of sp³-hybridized carbons (Fsp3) is 0.318. The summed E-state index contributed by atoms with van der Waals surface area (Å²) < 4.78 is 21.8. The molecule has 0 saturated carbocycles. The van der Waals surface area contributed by atoms with Gasteiger partial charge in [-0.25, -0.2) is 4.79 Å². The minimum Gasteiger partial charge on any atom is -0.504 e. The minimum atomic E-state index is -1.68. The molecule has 0 aliphatic carbocycles. The minimum absolute atomic E-state index is 0.0139. The summed E-state index contributed by atoms with van der Waals surface area (Å²) in [6, 6.07) is 7.96. The zero-order chi connectivity index (χ0) is 23.9. The van der Waals surface area contributed by atoms with Crippen molar-refractivity contribution in [1.82, 2.24) is 0 Å². The number of hydrogen-bond acceptors (Lipinski definition) is 11. The van der Waals surface area contributed by atoms with Gasteiger partial charge in [0, 0.05) is 23.8 Å². The van der Waals surface area contributed by atoms with Crippen molar-refractivity contribution in [2.24, 2.45) is 0 Å². The zero-order valence-electron chi connectivity index (χ0n) is 17.3. The summed E-state index contributed by atoms with van der Waals surface area (Å²) in [7, 11) is 1.37. The van der Waals surface area contributed by atoms with Crippen LogP contribution >= 0.6 is 0 Å². The summed E-state index contributed by atoms with van der Waals surface area (Å²) in [5, 5.41) is 59.7. The van der Waals surface area contributed by atoms with Gasteiger partial charge in [-0.15, -0.1) is 0 Å². The van der Waals surface area contributed by atoms with Crippen LogP contribution in [0.1, 0.15) is 0 Å². The predicted octanol–water partition coefficient (Wildman–Crippen LogP) is 0.0585. The lowest BCUT2D eigenvalue weighted by Gasteiger charge is -2.39. The van der Waals surface area contributed by atoms with Crippen molar-refractivity contribution in [1.29, 1.82) is 0 Å². The first-order chi connectivity index (χ1) is 15.7. The Hall–Kier alpha value is -3.35. The molecule has 1 aromatic heterocycles. The Morgan fingerprint density at radius 1 is 0.970 bits per heavy atom. The number of aromatic hydroxyl groups is 2. The first-order valence-electron chi connectivity index (χ1n) is 9.89. The molecular weight excluding hydrogens is 440 g/mol. The molecule has 5 atom stereocenters. The van der Waals surface area contributed by atoms with E-state index in [1.807, 2.05) is 0 Å². The number of aliphatic hydroxyl groups is 4. The molecule has 4 rings (SSSR count). The normalized spacial score (nSPS) is 25.2. The highest BCUT2D eigenvalue weighted by atomic mass is 16.7. The number of hydrogen-bond donors (Lipinski definition) is 6. The molecule has 0 bridgehead atoms. The monoisotopic (exact) mass is 462 g/mol. The van der Waals surface area contributed by atoms with Crippen LogP contribution in [0.25, 0.3) is 22.1 Å². The van der Waals surface area contributed by atoms with E-state index >= 15 is 0 Å². The molecule has 0 amide bonds. The number of fused-ring (bicyclic) bond motifs is 1. The van der Waals surface area contributed by atoms with Gasteiger partial charge in [0.1, 0.15) is 41.5 Å². The van der Waals surface area contributed by atoms with Gasteiger partial charge in [0.05, 0.1) is 19.1 Å². The second-order valence-corrected chi connectivity index (χ2v) is 7.50. The molecule has 2 heterocycles. The van der Waals surface area contributed by atoms with Crippen molar-refractivity contribution in [3.63, 3.8) is 0 Å². The summed E-state index contributed by atoms with van der Waals surface area (Å²) in [6.45, 7) is -0.642. The van der Waals surface area contributed by atoms with Gasteiger partial charge in [0.25, 0.3) is 0 Å². The Kier molecular flexibility index (Phi) is 6.15. The van der Waals surface area contributed by atoms with Crippen molar-refractivity contribution in [2.45, 2.75) is 30.7 Å². The van der Waals surface area contributed by atoms with Gasteiger partial charge < -0.3 is 49.3 Å². The predicted molar refractivity (Wildman–Crippen MR) is 112 cm³/mol. The van der Waals surface area contributed by atoms with E-state index in [4.69, 9.17) is 18.6 Å². The maximum Gasteiger partial charge on any atom is 0.336 e. The van der Waals surface area contributed by atoms with Crippen LogP contribution in [0.2, 0.25) is 0 Å².